The minimum atomic E-state index is -0.233. The predicted molar refractivity (Wildman–Crippen MR) is 76.4 cm³/mol. The first kappa shape index (κ1) is 15.5. The van der Waals surface area contributed by atoms with Crippen LogP contribution in [-0.2, 0) is 6.42 Å². The van der Waals surface area contributed by atoms with Crippen LogP contribution in [0.4, 0.5) is 4.39 Å². The van der Waals surface area contributed by atoms with Crippen LogP contribution in [0.5, 0.6) is 11.5 Å². The summed E-state index contributed by atoms with van der Waals surface area (Å²) in [7, 11) is 0. The Kier molecular flexibility index (Phi) is 6.40. The summed E-state index contributed by atoms with van der Waals surface area (Å²) in [5.74, 6) is 1.16. The fourth-order valence-corrected chi connectivity index (χ4v) is 2.01. The van der Waals surface area contributed by atoms with Gasteiger partial charge in [-0.2, -0.15) is 0 Å². The molecule has 19 heavy (non-hydrogen) atoms. The average Bonchev–Trinajstić information content (AvgIpc) is 2.35. The van der Waals surface area contributed by atoms with Crippen molar-refractivity contribution in [1.82, 2.24) is 0 Å². The number of halogens is 1. The maximum absolute atomic E-state index is 14.0. The van der Waals surface area contributed by atoms with Crippen molar-refractivity contribution in [3.63, 3.8) is 0 Å². The third-order valence-corrected chi connectivity index (χ3v) is 2.78. The lowest BCUT2D eigenvalue weighted by atomic mass is 10.00. The normalized spacial score (nSPS) is 12.7. The van der Waals surface area contributed by atoms with Gasteiger partial charge in [0.15, 0.2) is 11.5 Å². The molecule has 1 unspecified atom stereocenters. The summed E-state index contributed by atoms with van der Waals surface area (Å²) >= 11 is 0. The van der Waals surface area contributed by atoms with Crippen molar-refractivity contribution < 1.29 is 13.9 Å². The molecule has 0 fully saturated rings. The molecular weight excluding hydrogens is 243 g/mol. The van der Waals surface area contributed by atoms with Gasteiger partial charge < -0.3 is 9.47 Å². The summed E-state index contributed by atoms with van der Waals surface area (Å²) in [5.41, 5.74) is 0.664. The van der Waals surface area contributed by atoms with Crippen molar-refractivity contribution in [3.05, 3.63) is 35.7 Å². The molecule has 0 radical (unpaired) electrons. The predicted octanol–water partition coefficient (Wildman–Crippen LogP) is 4.38. The number of benzene rings is 1. The summed E-state index contributed by atoms with van der Waals surface area (Å²) in [5, 5.41) is 0. The van der Waals surface area contributed by atoms with E-state index in [1.54, 1.807) is 6.07 Å². The Hall–Kier alpha value is -1.51. The van der Waals surface area contributed by atoms with E-state index in [1.807, 2.05) is 26.8 Å². The standard InChI is InChI=1S/C16H23FO2/c1-5-8-12(4)9-13-10-15(18-6-2)16(19-7-3)11-14(13)17/h5,8,10-12H,6-7,9H2,1-4H3/b8-5-. The minimum Gasteiger partial charge on any atom is -0.490 e. The Bertz CT molecular complexity index is 427. The molecule has 1 rings (SSSR count). The van der Waals surface area contributed by atoms with Crippen LogP contribution in [0, 0.1) is 11.7 Å². The molecule has 0 aliphatic carbocycles. The number of rotatable bonds is 7. The SMILES string of the molecule is C/C=C\C(C)Cc1cc(OCC)c(OCC)cc1F. The van der Waals surface area contributed by atoms with E-state index in [9.17, 15) is 4.39 Å². The molecule has 106 valence electrons. The van der Waals surface area contributed by atoms with Crippen LogP contribution in [0.25, 0.3) is 0 Å². The van der Waals surface area contributed by atoms with Gasteiger partial charge in [-0.3, -0.25) is 0 Å². The molecule has 3 heteroatoms. The van der Waals surface area contributed by atoms with Gasteiger partial charge >= 0.3 is 0 Å². The molecular formula is C16H23FO2. The second-order valence-corrected chi connectivity index (χ2v) is 4.46. The van der Waals surface area contributed by atoms with E-state index in [0.29, 0.717) is 42.6 Å². The summed E-state index contributed by atoms with van der Waals surface area (Å²) in [6.07, 6.45) is 4.71. The monoisotopic (exact) mass is 266 g/mol. The molecule has 1 aromatic rings. The molecule has 0 aromatic heterocycles. The van der Waals surface area contributed by atoms with Gasteiger partial charge in [0.1, 0.15) is 5.82 Å². The van der Waals surface area contributed by atoms with Crippen molar-refractivity contribution >= 4 is 0 Å². The third-order valence-electron chi connectivity index (χ3n) is 2.78. The van der Waals surface area contributed by atoms with Crippen molar-refractivity contribution in [2.45, 2.75) is 34.1 Å². The van der Waals surface area contributed by atoms with E-state index in [0.717, 1.165) is 0 Å². The van der Waals surface area contributed by atoms with E-state index < -0.39 is 0 Å². The molecule has 0 N–H and O–H groups in total. The van der Waals surface area contributed by atoms with E-state index >= 15 is 0 Å². The molecule has 2 nitrogen and oxygen atoms in total. The van der Waals surface area contributed by atoms with E-state index in [2.05, 4.69) is 13.0 Å². The maximum Gasteiger partial charge on any atom is 0.164 e. The van der Waals surface area contributed by atoms with E-state index in [4.69, 9.17) is 9.47 Å². The van der Waals surface area contributed by atoms with Crippen LogP contribution in [0.15, 0.2) is 24.3 Å². The van der Waals surface area contributed by atoms with Crippen molar-refractivity contribution in [3.8, 4) is 11.5 Å². The first-order valence-corrected chi connectivity index (χ1v) is 6.83. The van der Waals surface area contributed by atoms with Gasteiger partial charge in [0, 0.05) is 6.07 Å². The lowest BCUT2D eigenvalue weighted by molar-refractivity contribution is 0.285. The van der Waals surface area contributed by atoms with Gasteiger partial charge in [0.2, 0.25) is 0 Å². The zero-order valence-corrected chi connectivity index (χ0v) is 12.2. The second-order valence-electron chi connectivity index (χ2n) is 4.46. The fourth-order valence-electron chi connectivity index (χ4n) is 2.01. The van der Waals surface area contributed by atoms with Crippen LogP contribution in [0.3, 0.4) is 0 Å². The number of allylic oxidation sites excluding steroid dienone is 2. The van der Waals surface area contributed by atoms with Crippen LogP contribution >= 0.6 is 0 Å². The highest BCUT2D eigenvalue weighted by molar-refractivity contribution is 5.44. The topological polar surface area (TPSA) is 18.5 Å². The molecule has 0 aliphatic heterocycles. The van der Waals surface area contributed by atoms with Gasteiger partial charge in [-0.15, -0.1) is 0 Å². The Morgan fingerprint density at radius 3 is 2.26 bits per heavy atom. The highest BCUT2D eigenvalue weighted by Crippen LogP contribution is 2.31. The van der Waals surface area contributed by atoms with Gasteiger partial charge in [-0.25, -0.2) is 4.39 Å². The van der Waals surface area contributed by atoms with Gasteiger partial charge in [-0.05, 0) is 44.7 Å². The van der Waals surface area contributed by atoms with E-state index in [1.165, 1.54) is 6.07 Å². The van der Waals surface area contributed by atoms with Crippen molar-refractivity contribution in [2.24, 2.45) is 5.92 Å². The van der Waals surface area contributed by atoms with E-state index in [-0.39, 0.29) is 5.82 Å². The highest BCUT2D eigenvalue weighted by atomic mass is 19.1. The quantitative estimate of drug-likeness (QED) is 0.682. The summed E-state index contributed by atoms with van der Waals surface area (Å²) < 4.78 is 25.0. The van der Waals surface area contributed by atoms with Gasteiger partial charge in [0.25, 0.3) is 0 Å². The number of hydrogen-bond acceptors (Lipinski definition) is 2. The van der Waals surface area contributed by atoms with Gasteiger partial charge in [-0.1, -0.05) is 19.1 Å². The Labute approximate surface area is 115 Å². The van der Waals surface area contributed by atoms with Crippen molar-refractivity contribution in [2.75, 3.05) is 13.2 Å². The zero-order valence-electron chi connectivity index (χ0n) is 12.2. The molecule has 0 spiro atoms. The smallest absolute Gasteiger partial charge is 0.164 e. The minimum absolute atomic E-state index is 0.233. The number of ether oxygens (including phenoxy) is 2. The molecule has 0 saturated heterocycles. The van der Waals surface area contributed by atoms with Gasteiger partial charge in [0.05, 0.1) is 13.2 Å². The number of hydrogen-bond donors (Lipinski definition) is 0. The van der Waals surface area contributed by atoms with Crippen molar-refractivity contribution in [1.29, 1.82) is 0 Å². The Morgan fingerprint density at radius 2 is 1.74 bits per heavy atom. The highest BCUT2D eigenvalue weighted by Gasteiger charge is 2.13. The Morgan fingerprint density at radius 1 is 1.16 bits per heavy atom. The molecule has 0 bridgehead atoms. The van der Waals surface area contributed by atoms with Crippen LogP contribution in [-0.4, -0.2) is 13.2 Å². The molecule has 0 aliphatic rings. The largest absolute Gasteiger partial charge is 0.490 e. The fraction of sp³-hybridized carbons (Fsp3) is 0.500. The summed E-state index contributed by atoms with van der Waals surface area (Å²) in [6.45, 7) is 8.84. The van der Waals surface area contributed by atoms with Crippen LogP contribution in [0.1, 0.15) is 33.3 Å². The summed E-state index contributed by atoms with van der Waals surface area (Å²) in [4.78, 5) is 0. The first-order valence-electron chi connectivity index (χ1n) is 6.83. The zero-order chi connectivity index (χ0) is 14.3. The Balaban J connectivity index is 3.01. The molecule has 0 saturated carbocycles. The third kappa shape index (κ3) is 4.58. The lowest BCUT2D eigenvalue weighted by Gasteiger charge is -2.14. The summed E-state index contributed by atoms with van der Waals surface area (Å²) in [6, 6.07) is 3.18. The maximum atomic E-state index is 14.0. The van der Waals surface area contributed by atoms with Crippen LogP contribution in [0.2, 0.25) is 0 Å². The molecule has 0 heterocycles. The molecule has 1 aromatic carbocycles. The second kappa shape index (κ2) is 7.82. The first-order chi connectivity index (χ1) is 9.12. The molecule has 1 atom stereocenters. The lowest BCUT2D eigenvalue weighted by Crippen LogP contribution is -2.04. The average molecular weight is 266 g/mol. The van der Waals surface area contributed by atoms with Crippen LogP contribution < -0.4 is 9.47 Å². The molecule has 0 amide bonds.